The van der Waals surface area contributed by atoms with Crippen LogP contribution in [0.15, 0.2) is 52.5 Å². The molecule has 0 aromatic heterocycles. The number of amides is 1. The normalized spacial score (nSPS) is 26.2. The average Bonchev–Trinajstić information content (AvgIpc) is 3.08. The number of aromatic hydroxyl groups is 2. The van der Waals surface area contributed by atoms with Crippen LogP contribution in [-0.2, 0) is 25.9 Å². The minimum atomic E-state index is -4.00. The molecule has 17 heteroatoms. The summed E-state index contributed by atoms with van der Waals surface area (Å²) >= 11 is 0. The number of phenolic OH excluding ortho intramolecular Hbond substituents is 2. The van der Waals surface area contributed by atoms with Gasteiger partial charge in [-0.05, 0) is 44.2 Å². The number of nitrogens with one attached hydrogen (secondary N) is 1. The van der Waals surface area contributed by atoms with Gasteiger partial charge in [-0.25, -0.2) is 19.0 Å². The SMILES string of the molecule is COc1cccc2c1C(=O)c1c(O)c3c(c(O)c1C2=O)CC(O)(C(C)=NNC(=O)c1ccc(S(N)(=O)=O)cc1)CC3OC1CC(N)C(O)C(C)O1. The van der Waals surface area contributed by atoms with E-state index in [9.17, 15) is 43.2 Å². The number of benzene rings is 3. The molecule has 6 unspecified atom stereocenters. The van der Waals surface area contributed by atoms with Crippen LogP contribution in [0.25, 0.3) is 0 Å². The summed E-state index contributed by atoms with van der Waals surface area (Å²) in [7, 11) is -2.68. The molecular formula is C34H36N4O12S. The largest absolute Gasteiger partial charge is 0.507 e. The van der Waals surface area contributed by atoms with Crippen LogP contribution in [0.5, 0.6) is 17.2 Å². The zero-order valence-corrected chi connectivity index (χ0v) is 28.4. The highest BCUT2D eigenvalue weighted by Gasteiger charge is 2.49. The Morgan fingerprint density at radius 2 is 1.73 bits per heavy atom. The monoisotopic (exact) mass is 724 g/mol. The van der Waals surface area contributed by atoms with Crippen molar-refractivity contribution >= 4 is 33.2 Å². The summed E-state index contributed by atoms with van der Waals surface area (Å²) in [4.78, 5) is 40.4. The van der Waals surface area contributed by atoms with Crippen molar-refractivity contribution in [3.05, 3.63) is 81.4 Å². The second-order valence-corrected chi connectivity index (χ2v) is 14.3. The Labute approximate surface area is 291 Å². The summed E-state index contributed by atoms with van der Waals surface area (Å²) in [5.41, 5.74) is 5.07. The van der Waals surface area contributed by atoms with Crippen molar-refractivity contribution in [2.45, 2.75) is 74.3 Å². The Hall–Kier alpha value is -4.75. The zero-order chi connectivity index (χ0) is 37.2. The van der Waals surface area contributed by atoms with E-state index in [4.69, 9.17) is 25.1 Å². The van der Waals surface area contributed by atoms with E-state index in [1.165, 1.54) is 44.4 Å². The van der Waals surface area contributed by atoms with Crippen molar-refractivity contribution in [3.8, 4) is 17.2 Å². The number of carbonyl (C=O) groups is 3. The van der Waals surface area contributed by atoms with E-state index in [-0.39, 0.29) is 57.0 Å². The van der Waals surface area contributed by atoms with Crippen molar-refractivity contribution in [3.63, 3.8) is 0 Å². The third-order valence-corrected chi connectivity index (χ3v) is 10.5. The first-order chi connectivity index (χ1) is 24.0. The third-order valence-electron chi connectivity index (χ3n) is 9.59. The van der Waals surface area contributed by atoms with Gasteiger partial charge >= 0.3 is 0 Å². The number of hydrogen-bond acceptors (Lipinski definition) is 14. The molecule has 0 spiro atoms. The number of phenols is 2. The number of hydrogen-bond donors (Lipinski definition) is 7. The summed E-state index contributed by atoms with van der Waals surface area (Å²) in [5.74, 6) is -3.55. The predicted octanol–water partition coefficient (Wildman–Crippen LogP) is 0.893. The molecule has 1 fully saturated rings. The van der Waals surface area contributed by atoms with Crippen LogP contribution in [0.2, 0.25) is 0 Å². The molecule has 51 heavy (non-hydrogen) atoms. The number of aliphatic hydroxyl groups excluding tert-OH is 1. The molecule has 1 aliphatic heterocycles. The molecule has 270 valence electrons. The molecule has 9 N–H and O–H groups in total. The average molecular weight is 725 g/mol. The molecule has 0 saturated carbocycles. The number of ether oxygens (including phenoxy) is 3. The minimum absolute atomic E-state index is 0.00280. The molecule has 1 heterocycles. The van der Waals surface area contributed by atoms with Gasteiger partial charge in [0, 0.05) is 47.6 Å². The van der Waals surface area contributed by atoms with Gasteiger partial charge in [-0.1, -0.05) is 12.1 Å². The van der Waals surface area contributed by atoms with Crippen LogP contribution in [0, 0.1) is 0 Å². The number of aliphatic hydroxyl groups is 2. The van der Waals surface area contributed by atoms with E-state index in [1.54, 1.807) is 6.92 Å². The van der Waals surface area contributed by atoms with Crippen molar-refractivity contribution in [2.24, 2.45) is 16.0 Å². The van der Waals surface area contributed by atoms with Gasteiger partial charge in [0.25, 0.3) is 5.91 Å². The summed E-state index contributed by atoms with van der Waals surface area (Å²) in [6, 6.07) is 8.34. The Balaban J connectivity index is 1.41. The van der Waals surface area contributed by atoms with Crippen molar-refractivity contribution in [1.82, 2.24) is 5.43 Å². The summed E-state index contributed by atoms with van der Waals surface area (Å²) in [5, 5.41) is 55.1. The summed E-state index contributed by atoms with van der Waals surface area (Å²) in [6.07, 6.45) is -4.95. The maximum absolute atomic E-state index is 13.9. The fourth-order valence-corrected chi connectivity index (χ4v) is 7.28. The van der Waals surface area contributed by atoms with E-state index in [1.807, 2.05) is 0 Å². The molecule has 3 aliphatic rings. The van der Waals surface area contributed by atoms with Gasteiger partial charge in [-0.3, -0.25) is 14.4 Å². The fraction of sp³-hybridized carbons (Fsp3) is 0.353. The summed E-state index contributed by atoms with van der Waals surface area (Å²) < 4.78 is 40.6. The van der Waals surface area contributed by atoms with Gasteiger partial charge in [-0.2, -0.15) is 5.10 Å². The Morgan fingerprint density at radius 1 is 1.06 bits per heavy atom. The fourth-order valence-electron chi connectivity index (χ4n) is 6.77. The summed E-state index contributed by atoms with van der Waals surface area (Å²) in [6.45, 7) is 2.98. The number of methoxy groups -OCH3 is 1. The molecule has 6 atom stereocenters. The van der Waals surface area contributed by atoms with Gasteiger partial charge in [0.1, 0.15) is 22.8 Å². The second kappa shape index (κ2) is 13.1. The van der Waals surface area contributed by atoms with Crippen LogP contribution < -0.4 is 21.0 Å². The van der Waals surface area contributed by atoms with Crippen LogP contribution in [0.4, 0.5) is 0 Å². The second-order valence-electron chi connectivity index (χ2n) is 12.8. The Bertz CT molecular complexity index is 2090. The van der Waals surface area contributed by atoms with Gasteiger partial charge in [-0.15, -0.1) is 0 Å². The maximum Gasteiger partial charge on any atom is 0.271 e. The van der Waals surface area contributed by atoms with Crippen LogP contribution in [-0.4, -0.2) is 89.3 Å². The van der Waals surface area contributed by atoms with Crippen molar-refractivity contribution < 1.29 is 57.4 Å². The van der Waals surface area contributed by atoms with Crippen LogP contribution >= 0.6 is 0 Å². The first kappa shape index (κ1) is 36.1. The van der Waals surface area contributed by atoms with Crippen molar-refractivity contribution in [2.75, 3.05) is 7.11 Å². The quantitative estimate of drug-likeness (QED) is 0.0794. The lowest BCUT2D eigenvalue weighted by atomic mass is 9.71. The zero-order valence-electron chi connectivity index (χ0n) is 27.6. The van der Waals surface area contributed by atoms with Gasteiger partial charge in [0.2, 0.25) is 15.8 Å². The third kappa shape index (κ3) is 6.26. The Kier molecular flexibility index (Phi) is 9.26. The molecule has 3 aromatic carbocycles. The number of nitrogens with two attached hydrogens (primary N) is 2. The lowest BCUT2D eigenvalue weighted by Gasteiger charge is -2.42. The highest BCUT2D eigenvalue weighted by Crippen LogP contribution is 2.52. The van der Waals surface area contributed by atoms with Crippen molar-refractivity contribution in [1.29, 1.82) is 0 Å². The minimum Gasteiger partial charge on any atom is -0.507 e. The first-order valence-corrected chi connectivity index (χ1v) is 17.3. The van der Waals surface area contributed by atoms with E-state index < -0.39 is 92.8 Å². The number of sulfonamides is 1. The molecule has 6 rings (SSSR count). The topological polar surface area (TPSA) is 270 Å². The molecule has 3 aromatic rings. The number of ketones is 2. The number of fused-ring (bicyclic) bond motifs is 3. The molecule has 16 nitrogen and oxygen atoms in total. The lowest BCUT2D eigenvalue weighted by Crippen LogP contribution is -2.52. The molecular weight excluding hydrogens is 688 g/mol. The number of rotatable bonds is 7. The number of hydrazone groups is 1. The highest BCUT2D eigenvalue weighted by atomic mass is 32.2. The Morgan fingerprint density at radius 3 is 2.35 bits per heavy atom. The van der Waals surface area contributed by atoms with Gasteiger partial charge in [0.05, 0.1) is 52.7 Å². The van der Waals surface area contributed by atoms with E-state index >= 15 is 0 Å². The van der Waals surface area contributed by atoms with E-state index in [0.717, 1.165) is 12.1 Å². The van der Waals surface area contributed by atoms with Crippen LogP contribution in [0.1, 0.15) is 86.1 Å². The molecule has 1 amide bonds. The predicted molar refractivity (Wildman–Crippen MR) is 178 cm³/mol. The van der Waals surface area contributed by atoms with Crippen LogP contribution in [0.3, 0.4) is 0 Å². The van der Waals surface area contributed by atoms with Gasteiger partial charge in [0.15, 0.2) is 12.1 Å². The van der Waals surface area contributed by atoms with E-state index in [2.05, 4.69) is 10.5 Å². The lowest BCUT2D eigenvalue weighted by molar-refractivity contribution is -0.245. The standard InChI is InChI=1S/C34H36N4O12S/c1-14-28(39)20(35)11-23(49-14)50-22-13-34(45,15(2)37-38-33(44)16-7-9-17(10-8-16)51(36,46)47)12-19-25(22)32(43)27-26(30(19)41)29(40)18-5-4-6-21(48-3)24(18)31(27)42/h4-10,14,20,22-23,28,39,41,43,45H,11-13,35H2,1-3H3,(H,38,44)(H2,36,46,47). The molecule has 0 bridgehead atoms. The first-order valence-electron chi connectivity index (χ1n) is 15.8. The number of primary sulfonamides is 1. The number of nitrogens with zero attached hydrogens (tertiary/aromatic N) is 1. The maximum atomic E-state index is 13.9. The molecule has 0 radical (unpaired) electrons. The smallest absolute Gasteiger partial charge is 0.271 e. The highest BCUT2D eigenvalue weighted by molar-refractivity contribution is 7.89. The number of carbonyl (C=O) groups excluding carboxylic acids is 3. The van der Waals surface area contributed by atoms with E-state index in [0.29, 0.717) is 0 Å². The van der Waals surface area contributed by atoms with Gasteiger partial charge < -0.3 is 40.4 Å². The molecule has 2 aliphatic carbocycles. The molecule has 1 saturated heterocycles.